The van der Waals surface area contributed by atoms with Crippen molar-refractivity contribution in [3.8, 4) is 22.3 Å². The number of ketones is 1. The van der Waals surface area contributed by atoms with Gasteiger partial charge in [0.1, 0.15) is 0 Å². The van der Waals surface area contributed by atoms with Crippen LogP contribution in [-0.2, 0) is 5.41 Å². The molecular formula is C46H33NOS. The first kappa shape index (κ1) is 28.5. The molecule has 3 heteroatoms. The Bertz CT molecular complexity index is 2570. The summed E-state index contributed by atoms with van der Waals surface area (Å²) in [7, 11) is 0. The molecule has 0 bridgehead atoms. The standard InChI is InChI=1S/C46H33NOS/c1-46(2)39-15-7-5-11-33(39)34-24-23-31(27-40(34)46)47(41-16-9-14-36-32-10-3-4-13-37(32)45(48)44(36)41)30-21-18-28(19-22-30)29-20-25-43-38(26-29)35-12-6-8-17-42(35)49-43/h3-27,33,39H,1-2H3. The second-order valence-electron chi connectivity index (χ2n) is 14.1. The van der Waals surface area contributed by atoms with Crippen molar-refractivity contribution in [1.29, 1.82) is 0 Å². The van der Waals surface area contributed by atoms with Gasteiger partial charge in [-0.1, -0.05) is 117 Å². The molecule has 6 aromatic carbocycles. The van der Waals surface area contributed by atoms with Gasteiger partial charge in [0.15, 0.2) is 5.78 Å². The Morgan fingerprint density at radius 2 is 1.33 bits per heavy atom. The largest absolute Gasteiger partial charge is 0.310 e. The Hall–Kier alpha value is -5.51. The van der Waals surface area contributed by atoms with E-state index in [1.807, 2.05) is 29.5 Å². The molecule has 0 aliphatic heterocycles. The van der Waals surface area contributed by atoms with Crippen molar-refractivity contribution in [2.24, 2.45) is 5.92 Å². The minimum absolute atomic E-state index is 0.0258. The molecule has 10 rings (SSSR count). The molecule has 0 fully saturated rings. The number of hydrogen-bond acceptors (Lipinski definition) is 3. The van der Waals surface area contributed by atoms with Gasteiger partial charge in [-0.3, -0.25) is 4.79 Å². The molecule has 0 spiro atoms. The third-order valence-corrected chi connectivity index (χ3v) is 12.3. The summed E-state index contributed by atoms with van der Waals surface area (Å²) in [5.41, 5.74) is 11.6. The van der Waals surface area contributed by atoms with E-state index in [-0.39, 0.29) is 11.2 Å². The van der Waals surface area contributed by atoms with Crippen LogP contribution in [0.3, 0.4) is 0 Å². The molecule has 0 radical (unpaired) electrons. The van der Waals surface area contributed by atoms with Crippen LogP contribution in [0.25, 0.3) is 42.4 Å². The Balaban J connectivity index is 1.13. The van der Waals surface area contributed by atoms with E-state index in [9.17, 15) is 4.79 Å². The quantitative estimate of drug-likeness (QED) is 0.189. The minimum Gasteiger partial charge on any atom is -0.310 e. The summed E-state index contributed by atoms with van der Waals surface area (Å²) in [5.74, 6) is 0.888. The van der Waals surface area contributed by atoms with Crippen molar-refractivity contribution < 1.29 is 4.79 Å². The molecule has 1 aromatic heterocycles. The third-order valence-electron chi connectivity index (χ3n) is 11.1. The monoisotopic (exact) mass is 647 g/mol. The average Bonchev–Trinajstić information content (AvgIpc) is 3.74. The summed E-state index contributed by atoms with van der Waals surface area (Å²) in [6, 6.07) is 45.6. The number of anilines is 3. The SMILES string of the molecule is CC1(C)c2cc(N(c3ccc(-c4ccc5sc6ccccc6c5c4)cc3)c3cccc4c3C(=O)c3ccccc3-4)ccc2C2C=CC=CC21. The Morgan fingerprint density at radius 1 is 0.612 bits per heavy atom. The first-order chi connectivity index (χ1) is 24.0. The molecule has 0 saturated carbocycles. The van der Waals surface area contributed by atoms with E-state index >= 15 is 0 Å². The van der Waals surface area contributed by atoms with Gasteiger partial charge in [-0.2, -0.15) is 0 Å². The van der Waals surface area contributed by atoms with E-state index in [2.05, 4.69) is 152 Å². The first-order valence-corrected chi connectivity index (χ1v) is 17.9. The summed E-state index contributed by atoms with van der Waals surface area (Å²) in [6.07, 6.45) is 9.10. The number of nitrogens with zero attached hydrogens (tertiary/aromatic N) is 1. The van der Waals surface area contributed by atoms with Crippen LogP contribution in [0.5, 0.6) is 0 Å². The number of rotatable bonds is 4. The zero-order valence-electron chi connectivity index (χ0n) is 27.4. The van der Waals surface area contributed by atoms with Crippen molar-refractivity contribution in [1.82, 2.24) is 0 Å². The van der Waals surface area contributed by atoms with Crippen molar-refractivity contribution in [3.63, 3.8) is 0 Å². The molecule has 0 saturated heterocycles. The van der Waals surface area contributed by atoms with Crippen molar-refractivity contribution in [2.45, 2.75) is 25.2 Å². The van der Waals surface area contributed by atoms with Gasteiger partial charge in [-0.15, -0.1) is 11.3 Å². The van der Waals surface area contributed by atoms with Gasteiger partial charge in [0, 0.05) is 43.0 Å². The predicted molar refractivity (Wildman–Crippen MR) is 206 cm³/mol. The molecule has 2 atom stereocenters. The van der Waals surface area contributed by atoms with Crippen molar-refractivity contribution in [3.05, 3.63) is 174 Å². The molecule has 0 N–H and O–H groups in total. The molecule has 3 aliphatic carbocycles. The second kappa shape index (κ2) is 10.5. The maximum Gasteiger partial charge on any atom is 0.196 e. The Morgan fingerprint density at radius 3 is 2.20 bits per heavy atom. The van der Waals surface area contributed by atoms with E-state index in [0.717, 1.165) is 39.3 Å². The lowest BCUT2D eigenvalue weighted by Gasteiger charge is -2.31. The summed E-state index contributed by atoms with van der Waals surface area (Å²) < 4.78 is 2.62. The van der Waals surface area contributed by atoms with Gasteiger partial charge in [0.25, 0.3) is 0 Å². The lowest BCUT2D eigenvalue weighted by atomic mass is 9.74. The molecular weight excluding hydrogens is 615 g/mol. The van der Waals surface area contributed by atoms with E-state index in [1.54, 1.807) is 0 Å². The van der Waals surface area contributed by atoms with E-state index in [1.165, 1.54) is 42.4 Å². The molecule has 49 heavy (non-hydrogen) atoms. The van der Waals surface area contributed by atoms with E-state index < -0.39 is 0 Å². The van der Waals surface area contributed by atoms with E-state index in [4.69, 9.17) is 0 Å². The van der Waals surface area contributed by atoms with Gasteiger partial charge >= 0.3 is 0 Å². The number of fused-ring (bicyclic) bond motifs is 9. The second-order valence-corrected chi connectivity index (χ2v) is 15.2. The van der Waals surface area contributed by atoms with Crippen LogP contribution < -0.4 is 4.90 Å². The number of carbonyl (C=O) groups excluding carboxylic acids is 1. The minimum atomic E-state index is -0.0258. The van der Waals surface area contributed by atoms with Crippen LogP contribution in [0.2, 0.25) is 0 Å². The Labute approximate surface area is 290 Å². The first-order valence-electron chi connectivity index (χ1n) is 17.1. The fourth-order valence-corrected chi connectivity index (χ4v) is 9.77. The zero-order valence-corrected chi connectivity index (χ0v) is 28.2. The fourth-order valence-electron chi connectivity index (χ4n) is 8.68. The molecule has 2 unspecified atom stereocenters. The normalized spacial score (nSPS) is 18.0. The summed E-state index contributed by atoms with van der Waals surface area (Å²) in [4.78, 5) is 16.4. The van der Waals surface area contributed by atoms with Gasteiger partial charge in [0.05, 0.1) is 11.3 Å². The van der Waals surface area contributed by atoms with Gasteiger partial charge in [-0.05, 0) is 93.2 Å². The van der Waals surface area contributed by atoms with Crippen LogP contribution in [-0.4, -0.2) is 5.78 Å². The van der Waals surface area contributed by atoms with Crippen LogP contribution >= 0.6 is 11.3 Å². The highest BCUT2D eigenvalue weighted by molar-refractivity contribution is 7.25. The average molecular weight is 648 g/mol. The Kier molecular flexibility index (Phi) is 6.10. The molecule has 234 valence electrons. The highest BCUT2D eigenvalue weighted by atomic mass is 32.1. The van der Waals surface area contributed by atoms with Gasteiger partial charge < -0.3 is 4.90 Å². The molecule has 1 heterocycles. The topological polar surface area (TPSA) is 20.3 Å². The lowest BCUT2D eigenvalue weighted by Crippen LogP contribution is -2.24. The van der Waals surface area contributed by atoms with Crippen LogP contribution in [0.4, 0.5) is 17.1 Å². The van der Waals surface area contributed by atoms with Crippen LogP contribution in [0, 0.1) is 5.92 Å². The molecule has 3 aliphatic rings. The summed E-state index contributed by atoms with van der Waals surface area (Å²) in [6.45, 7) is 4.74. The number of carbonyl (C=O) groups is 1. The highest BCUT2D eigenvalue weighted by Crippen LogP contribution is 2.55. The van der Waals surface area contributed by atoms with Crippen molar-refractivity contribution >= 4 is 54.4 Å². The number of allylic oxidation sites excluding steroid dienone is 4. The lowest BCUT2D eigenvalue weighted by molar-refractivity contribution is 0.104. The summed E-state index contributed by atoms with van der Waals surface area (Å²) in [5, 5.41) is 2.61. The van der Waals surface area contributed by atoms with Gasteiger partial charge in [-0.25, -0.2) is 0 Å². The number of benzene rings is 6. The smallest absolute Gasteiger partial charge is 0.196 e. The third kappa shape index (κ3) is 4.15. The van der Waals surface area contributed by atoms with Crippen molar-refractivity contribution in [2.75, 3.05) is 4.90 Å². The number of hydrogen-bond donors (Lipinski definition) is 0. The highest BCUT2D eigenvalue weighted by Gasteiger charge is 2.44. The van der Waals surface area contributed by atoms with Crippen LogP contribution in [0.15, 0.2) is 152 Å². The number of thiophene rings is 1. The van der Waals surface area contributed by atoms with E-state index in [0.29, 0.717) is 11.8 Å². The molecule has 2 nitrogen and oxygen atoms in total. The summed E-state index contributed by atoms with van der Waals surface area (Å²) >= 11 is 1.85. The predicted octanol–water partition coefficient (Wildman–Crippen LogP) is 12.5. The maximum absolute atomic E-state index is 14.1. The molecule has 7 aromatic rings. The fraction of sp³-hybridized carbons (Fsp3) is 0.109. The zero-order chi connectivity index (χ0) is 32.9. The maximum atomic E-state index is 14.1. The van der Waals surface area contributed by atoms with Crippen LogP contribution in [0.1, 0.15) is 46.8 Å². The van der Waals surface area contributed by atoms with Gasteiger partial charge in [0.2, 0.25) is 0 Å². The molecule has 0 amide bonds.